The second kappa shape index (κ2) is 8.58. The van der Waals surface area contributed by atoms with E-state index >= 15 is 0 Å². The number of benzene rings is 2. The zero-order chi connectivity index (χ0) is 19.3. The maximum Gasteiger partial charge on any atom is 0.339 e. The summed E-state index contributed by atoms with van der Waals surface area (Å²) < 4.78 is 15.5. The first-order chi connectivity index (χ1) is 12.3. The molecule has 26 heavy (non-hydrogen) atoms. The van der Waals surface area contributed by atoms with Crippen LogP contribution in [-0.2, 0) is 9.53 Å². The molecule has 0 saturated heterocycles. The number of aryl methyl sites for hydroxylation is 1. The van der Waals surface area contributed by atoms with Gasteiger partial charge in [-0.3, -0.25) is 4.79 Å². The monoisotopic (exact) mass is 377 g/mol. The van der Waals surface area contributed by atoms with Crippen LogP contribution < -0.4 is 14.8 Å². The van der Waals surface area contributed by atoms with E-state index in [0.717, 1.165) is 5.56 Å². The summed E-state index contributed by atoms with van der Waals surface area (Å²) in [7, 11) is 2.88. The molecule has 0 aliphatic heterocycles. The quantitative estimate of drug-likeness (QED) is 0.774. The highest BCUT2D eigenvalue weighted by Crippen LogP contribution is 2.36. The highest BCUT2D eigenvalue weighted by atomic mass is 35.5. The topological polar surface area (TPSA) is 73.9 Å². The number of carbonyl (C=O) groups is 2. The molecular formula is C19H20ClNO5. The van der Waals surface area contributed by atoms with E-state index in [1.54, 1.807) is 6.07 Å². The van der Waals surface area contributed by atoms with Gasteiger partial charge in [0.05, 0.1) is 24.8 Å². The first kappa shape index (κ1) is 19.6. The van der Waals surface area contributed by atoms with Gasteiger partial charge in [-0.1, -0.05) is 23.7 Å². The molecule has 2 aromatic carbocycles. The lowest BCUT2D eigenvalue weighted by atomic mass is 10.2. The molecule has 1 amide bonds. The molecule has 7 heteroatoms. The van der Waals surface area contributed by atoms with Crippen molar-refractivity contribution in [3.63, 3.8) is 0 Å². The molecule has 0 aliphatic carbocycles. The van der Waals surface area contributed by atoms with Gasteiger partial charge in [0.1, 0.15) is 0 Å². The second-order valence-corrected chi connectivity index (χ2v) is 6.01. The van der Waals surface area contributed by atoms with Crippen molar-refractivity contribution in [1.82, 2.24) is 0 Å². The summed E-state index contributed by atoms with van der Waals surface area (Å²) in [5, 5.41) is 2.91. The zero-order valence-corrected chi connectivity index (χ0v) is 15.7. The van der Waals surface area contributed by atoms with E-state index in [1.807, 2.05) is 25.1 Å². The van der Waals surface area contributed by atoms with E-state index in [9.17, 15) is 9.59 Å². The van der Waals surface area contributed by atoms with Gasteiger partial charge in [-0.05, 0) is 43.7 Å². The summed E-state index contributed by atoms with van der Waals surface area (Å²) in [6.07, 6.45) is -0.991. The summed E-state index contributed by atoms with van der Waals surface area (Å²) in [4.78, 5) is 24.6. The third-order valence-corrected chi connectivity index (χ3v) is 3.89. The van der Waals surface area contributed by atoms with Crippen LogP contribution >= 0.6 is 11.6 Å². The molecule has 1 atom stereocenters. The minimum Gasteiger partial charge on any atom is -0.493 e. The molecule has 0 fully saturated rings. The van der Waals surface area contributed by atoms with Crippen molar-refractivity contribution in [3.05, 3.63) is 52.5 Å². The number of halogens is 1. The number of carbonyl (C=O) groups excluding carboxylic acids is 2. The van der Waals surface area contributed by atoms with Gasteiger partial charge in [0.15, 0.2) is 17.6 Å². The first-order valence-corrected chi connectivity index (χ1v) is 8.23. The Hall–Kier alpha value is -2.73. The number of esters is 1. The van der Waals surface area contributed by atoms with Crippen molar-refractivity contribution in [1.29, 1.82) is 0 Å². The number of anilines is 1. The van der Waals surface area contributed by atoms with E-state index in [0.29, 0.717) is 17.2 Å². The summed E-state index contributed by atoms with van der Waals surface area (Å²) >= 11 is 6.09. The highest BCUT2D eigenvalue weighted by Gasteiger charge is 2.21. The number of rotatable bonds is 6. The molecule has 0 bridgehead atoms. The first-order valence-electron chi connectivity index (χ1n) is 7.85. The van der Waals surface area contributed by atoms with Crippen LogP contribution in [-0.4, -0.2) is 32.2 Å². The SMILES string of the molecule is COc1cc(C(=O)O[C@H](C)C(=O)Nc2cccc(C)c2)cc(Cl)c1OC. The minimum atomic E-state index is -0.991. The maximum atomic E-state index is 12.3. The molecule has 6 nitrogen and oxygen atoms in total. The molecule has 2 aromatic rings. The molecule has 0 aromatic heterocycles. The second-order valence-electron chi connectivity index (χ2n) is 5.60. The summed E-state index contributed by atoms with van der Waals surface area (Å²) in [6, 6.07) is 10.2. The van der Waals surface area contributed by atoms with E-state index in [-0.39, 0.29) is 10.6 Å². The van der Waals surface area contributed by atoms with Crippen molar-refractivity contribution in [3.8, 4) is 11.5 Å². The number of hydrogen-bond donors (Lipinski definition) is 1. The fraction of sp³-hybridized carbons (Fsp3) is 0.263. The Bertz CT molecular complexity index is 822. The van der Waals surface area contributed by atoms with Crippen LogP contribution in [0.15, 0.2) is 36.4 Å². The molecule has 0 unspecified atom stereocenters. The number of amides is 1. The molecule has 0 radical (unpaired) electrons. The van der Waals surface area contributed by atoms with Crippen LogP contribution in [0.4, 0.5) is 5.69 Å². The Balaban J connectivity index is 2.09. The molecule has 1 N–H and O–H groups in total. The van der Waals surface area contributed by atoms with Gasteiger partial charge in [0, 0.05) is 5.69 Å². The third kappa shape index (κ3) is 4.67. The minimum absolute atomic E-state index is 0.155. The van der Waals surface area contributed by atoms with Crippen LogP contribution in [0.5, 0.6) is 11.5 Å². The lowest BCUT2D eigenvalue weighted by Gasteiger charge is -2.15. The van der Waals surface area contributed by atoms with E-state index in [2.05, 4.69) is 5.32 Å². The largest absolute Gasteiger partial charge is 0.493 e. The molecule has 0 spiro atoms. The highest BCUT2D eigenvalue weighted by molar-refractivity contribution is 6.32. The Morgan fingerprint density at radius 3 is 2.46 bits per heavy atom. The molecule has 0 heterocycles. The maximum absolute atomic E-state index is 12.3. The average Bonchev–Trinajstić information content (AvgIpc) is 2.60. The molecule has 2 rings (SSSR count). The van der Waals surface area contributed by atoms with Crippen molar-refractivity contribution >= 4 is 29.2 Å². The van der Waals surface area contributed by atoms with E-state index < -0.39 is 18.0 Å². The van der Waals surface area contributed by atoms with Crippen LogP contribution in [0.25, 0.3) is 0 Å². The summed E-state index contributed by atoms with van der Waals surface area (Å²) in [5.41, 5.74) is 1.79. The standard InChI is InChI=1S/C19H20ClNO5/c1-11-6-5-7-14(8-11)21-18(22)12(2)26-19(23)13-9-15(20)17(25-4)16(10-13)24-3/h5-10,12H,1-4H3,(H,21,22)/t12-/m1/s1. The van der Waals surface area contributed by atoms with Gasteiger partial charge in [-0.2, -0.15) is 0 Å². The van der Waals surface area contributed by atoms with Crippen molar-refractivity contribution < 1.29 is 23.8 Å². The van der Waals surface area contributed by atoms with Crippen LogP contribution in [0.2, 0.25) is 5.02 Å². The molecule has 0 saturated carbocycles. The predicted octanol–water partition coefficient (Wildman–Crippen LogP) is 3.85. The Kier molecular flexibility index (Phi) is 6.46. The van der Waals surface area contributed by atoms with Crippen LogP contribution in [0.1, 0.15) is 22.8 Å². The predicted molar refractivity (Wildman–Crippen MR) is 99.2 cm³/mol. The van der Waals surface area contributed by atoms with Crippen LogP contribution in [0.3, 0.4) is 0 Å². The normalized spacial score (nSPS) is 11.4. The van der Waals surface area contributed by atoms with Crippen molar-refractivity contribution in [2.75, 3.05) is 19.5 Å². The lowest BCUT2D eigenvalue weighted by molar-refractivity contribution is -0.123. The van der Waals surface area contributed by atoms with Gasteiger partial charge in [0.25, 0.3) is 5.91 Å². The van der Waals surface area contributed by atoms with E-state index in [1.165, 1.54) is 33.3 Å². The smallest absolute Gasteiger partial charge is 0.339 e. The summed E-state index contributed by atoms with van der Waals surface area (Å²) in [6.45, 7) is 3.41. The average molecular weight is 378 g/mol. The van der Waals surface area contributed by atoms with Crippen LogP contribution in [0, 0.1) is 6.92 Å². The van der Waals surface area contributed by atoms with E-state index in [4.69, 9.17) is 25.8 Å². The van der Waals surface area contributed by atoms with Gasteiger partial charge in [-0.25, -0.2) is 4.79 Å². The third-order valence-electron chi connectivity index (χ3n) is 3.61. The zero-order valence-electron chi connectivity index (χ0n) is 15.0. The van der Waals surface area contributed by atoms with Gasteiger partial charge in [0.2, 0.25) is 0 Å². The Morgan fingerprint density at radius 1 is 1.12 bits per heavy atom. The number of hydrogen-bond acceptors (Lipinski definition) is 5. The molecule has 138 valence electrons. The lowest BCUT2D eigenvalue weighted by Crippen LogP contribution is -2.30. The Labute approximate surface area is 157 Å². The number of methoxy groups -OCH3 is 2. The van der Waals surface area contributed by atoms with Gasteiger partial charge >= 0.3 is 5.97 Å². The summed E-state index contributed by atoms with van der Waals surface area (Å²) in [5.74, 6) is -0.518. The fourth-order valence-corrected chi connectivity index (χ4v) is 2.57. The number of nitrogens with one attached hydrogen (secondary N) is 1. The number of ether oxygens (including phenoxy) is 3. The molecular weight excluding hydrogens is 358 g/mol. The van der Waals surface area contributed by atoms with Crippen molar-refractivity contribution in [2.45, 2.75) is 20.0 Å². The van der Waals surface area contributed by atoms with Gasteiger partial charge < -0.3 is 19.5 Å². The van der Waals surface area contributed by atoms with Gasteiger partial charge in [-0.15, -0.1) is 0 Å². The Morgan fingerprint density at radius 2 is 1.85 bits per heavy atom. The fourth-order valence-electron chi connectivity index (χ4n) is 2.28. The molecule has 0 aliphatic rings. The van der Waals surface area contributed by atoms with Crippen molar-refractivity contribution in [2.24, 2.45) is 0 Å².